The summed E-state index contributed by atoms with van der Waals surface area (Å²) in [5, 5.41) is 7.43. The molecule has 0 aliphatic carbocycles. The molecule has 1 amide bonds. The maximum absolute atomic E-state index is 12.6. The molecule has 122 valence electrons. The van der Waals surface area contributed by atoms with Crippen molar-refractivity contribution in [3.05, 3.63) is 42.2 Å². The number of anilines is 1. The number of benzene rings is 1. The number of nitrogens with zero attached hydrogens (tertiary/aromatic N) is 3. The first-order chi connectivity index (χ1) is 11.2. The second-order valence-electron chi connectivity index (χ2n) is 5.83. The number of hydrogen-bond donors (Lipinski definition) is 1. The van der Waals surface area contributed by atoms with Crippen LogP contribution in [-0.2, 0) is 7.05 Å². The number of thioether (sulfide) groups is 1. The van der Waals surface area contributed by atoms with Gasteiger partial charge in [0.15, 0.2) is 0 Å². The molecule has 1 aliphatic heterocycles. The summed E-state index contributed by atoms with van der Waals surface area (Å²) in [5.41, 5.74) is 1.88. The third-order valence-electron chi connectivity index (χ3n) is 4.16. The van der Waals surface area contributed by atoms with Gasteiger partial charge in [0, 0.05) is 37.3 Å². The van der Waals surface area contributed by atoms with Gasteiger partial charge in [0.2, 0.25) is 0 Å². The molecular weight excluding hydrogens is 308 g/mol. The fourth-order valence-electron chi connectivity index (χ4n) is 3.00. The molecule has 1 aliphatic rings. The Morgan fingerprint density at radius 3 is 2.96 bits per heavy atom. The molecule has 1 aromatic carbocycles. The summed E-state index contributed by atoms with van der Waals surface area (Å²) in [6, 6.07) is 7.93. The maximum Gasteiger partial charge on any atom is 0.252 e. The monoisotopic (exact) mass is 330 g/mol. The van der Waals surface area contributed by atoms with Crippen molar-refractivity contribution in [3.8, 4) is 0 Å². The van der Waals surface area contributed by atoms with Gasteiger partial charge in [-0.05, 0) is 31.2 Å². The molecule has 0 radical (unpaired) electrons. The summed E-state index contributed by atoms with van der Waals surface area (Å²) in [6.07, 6.45) is 7.99. The number of rotatable bonds is 4. The fraction of sp³-hybridized carbons (Fsp3) is 0.412. The van der Waals surface area contributed by atoms with Crippen LogP contribution in [0.25, 0.3) is 0 Å². The minimum Gasteiger partial charge on any atom is -0.367 e. The second-order valence-corrected chi connectivity index (χ2v) is 6.68. The Balaban J connectivity index is 1.66. The molecule has 1 aromatic heterocycles. The number of piperidine rings is 1. The van der Waals surface area contributed by atoms with Crippen LogP contribution in [-0.4, -0.2) is 41.1 Å². The summed E-state index contributed by atoms with van der Waals surface area (Å²) < 4.78 is 1.81. The van der Waals surface area contributed by atoms with Crippen molar-refractivity contribution in [3.63, 3.8) is 0 Å². The van der Waals surface area contributed by atoms with Gasteiger partial charge in [0.25, 0.3) is 5.91 Å². The van der Waals surface area contributed by atoms with Crippen LogP contribution in [0.1, 0.15) is 23.2 Å². The van der Waals surface area contributed by atoms with E-state index in [0.29, 0.717) is 0 Å². The Morgan fingerprint density at radius 1 is 1.39 bits per heavy atom. The standard InChI is InChI=1S/C17H22N4OS/c1-20-12-14(10-18-20)21-9-5-6-13(11-21)19-17(22)15-7-3-4-8-16(15)23-2/h3-4,7-8,10,12-13H,5-6,9,11H2,1-2H3,(H,19,22)/t13-/m1/s1. The van der Waals surface area contributed by atoms with Crippen LogP contribution in [0.5, 0.6) is 0 Å². The van der Waals surface area contributed by atoms with Gasteiger partial charge in [-0.25, -0.2) is 0 Å². The molecule has 1 saturated heterocycles. The highest BCUT2D eigenvalue weighted by atomic mass is 32.2. The van der Waals surface area contributed by atoms with Gasteiger partial charge in [-0.3, -0.25) is 9.48 Å². The average Bonchev–Trinajstić information content (AvgIpc) is 3.01. The summed E-state index contributed by atoms with van der Waals surface area (Å²) in [4.78, 5) is 15.9. The minimum atomic E-state index is 0.0213. The highest BCUT2D eigenvalue weighted by Gasteiger charge is 2.23. The smallest absolute Gasteiger partial charge is 0.252 e. The molecule has 0 bridgehead atoms. The zero-order valence-electron chi connectivity index (χ0n) is 13.5. The van der Waals surface area contributed by atoms with E-state index >= 15 is 0 Å². The number of carbonyl (C=O) groups is 1. The van der Waals surface area contributed by atoms with Crippen molar-refractivity contribution in [2.24, 2.45) is 7.05 Å². The van der Waals surface area contributed by atoms with E-state index in [-0.39, 0.29) is 11.9 Å². The number of hydrogen-bond acceptors (Lipinski definition) is 4. The van der Waals surface area contributed by atoms with Gasteiger partial charge >= 0.3 is 0 Å². The molecule has 0 spiro atoms. The SMILES string of the molecule is CSc1ccccc1C(=O)N[C@@H]1CCCN(c2cnn(C)c2)C1. The molecule has 0 unspecified atom stereocenters. The Bertz CT molecular complexity index is 685. The molecule has 0 saturated carbocycles. The summed E-state index contributed by atoms with van der Waals surface area (Å²) in [5.74, 6) is 0.0213. The molecular formula is C17H22N4OS. The number of aromatic nitrogens is 2. The summed E-state index contributed by atoms with van der Waals surface area (Å²) >= 11 is 1.60. The van der Waals surface area contributed by atoms with Crippen LogP contribution >= 0.6 is 11.8 Å². The quantitative estimate of drug-likeness (QED) is 0.875. The van der Waals surface area contributed by atoms with Crippen LogP contribution in [0.3, 0.4) is 0 Å². The van der Waals surface area contributed by atoms with Crippen LogP contribution < -0.4 is 10.2 Å². The zero-order chi connectivity index (χ0) is 16.2. The van der Waals surface area contributed by atoms with E-state index in [1.54, 1.807) is 11.8 Å². The lowest BCUT2D eigenvalue weighted by Crippen LogP contribution is -2.47. The lowest BCUT2D eigenvalue weighted by Gasteiger charge is -2.33. The van der Waals surface area contributed by atoms with Crippen molar-refractivity contribution < 1.29 is 4.79 Å². The first-order valence-electron chi connectivity index (χ1n) is 7.85. The molecule has 1 atom stereocenters. The molecule has 23 heavy (non-hydrogen) atoms. The molecule has 2 aromatic rings. The molecule has 2 heterocycles. The van der Waals surface area contributed by atoms with E-state index < -0.39 is 0 Å². The van der Waals surface area contributed by atoms with Gasteiger partial charge < -0.3 is 10.2 Å². The largest absolute Gasteiger partial charge is 0.367 e. The van der Waals surface area contributed by atoms with Crippen molar-refractivity contribution in [1.29, 1.82) is 0 Å². The summed E-state index contributed by atoms with van der Waals surface area (Å²) in [6.45, 7) is 1.85. The van der Waals surface area contributed by atoms with E-state index in [2.05, 4.69) is 15.3 Å². The third-order valence-corrected chi connectivity index (χ3v) is 4.96. The van der Waals surface area contributed by atoms with Crippen molar-refractivity contribution in [1.82, 2.24) is 15.1 Å². The Kier molecular flexibility index (Phi) is 4.91. The predicted molar refractivity (Wildman–Crippen MR) is 94.1 cm³/mol. The summed E-state index contributed by atoms with van der Waals surface area (Å²) in [7, 11) is 1.92. The van der Waals surface area contributed by atoms with E-state index in [9.17, 15) is 4.79 Å². The normalized spacial score (nSPS) is 18.0. The molecule has 3 rings (SSSR count). The van der Waals surface area contributed by atoms with E-state index in [1.165, 1.54) is 0 Å². The van der Waals surface area contributed by atoms with E-state index in [4.69, 9.17) is 0 Å². The van der Waals surface area contributed by atoms with Crippen LogP contribution in [0.2, 0.25) is 0 Å². The number of carbonyl (C=O) groups excluding carboxylic acids is 1. The highest BCUT2D eigenvalue weighted by molar-refractivity contribution is 7.98. The molecule has 1 N–H and O–H groups in total. The highest BCUT2D eigenvalue weighted by Crippen LogP contribution is 2.22. The maximum atomic E-state index is 12.6. The van der Waals surface area contributed by atoms with Gasteiger partial charge in [-0.2, -0.15) is 5.10 Å². The first-order valence-corrected chi connectivity index (χ1v) is 9.07. The van der Waals surface area contributed by atoms with Gasteiger partial charge in [-0.15, -0.1) is 11.8 Å². The average molecular weight is 330 g/mol. The number of nitrogens with one attached hydrogen (secondary N) is 1. The van der Waals surface area contributed by atoms with E-state index in [0.717, 1.165) is 42.1 Å². The topological polar surface area (TPSA) is 50.2 Å². The van der Waals surface area contributed by atoms with Crippen LogP contribution in [0.15, 0.2) is 41.6 Å². The Hall–Kier alpha value is -1.95. The van der Waals surface area contributed by atoms with Crippen molar-refractivity contribution in [2.75, 3.05) is 24.2 Å². The van der Waals surface area contributed by atoms with Crippen LogP contribution in [0, 0.1) is 0 Å². The third kappa shape index (κ3) is 3.69. The first kappa shape index (κ1) is 15.9. The van der Waals surface area contributed by atoms with E-state index in [1.807, 2.05) is 54.6 Å². The second kappa shape index (κ2) is 7.08. The van der Waals surface area contributed by atoms with Crippen molar-refractivity contribution >= 4 is 23.4 Å². The van der Waals surface area contributed by atoms with Gasteiger partial charge in [-0.1, -0.05) is 12.1 Å². The number of amides is 1. The van der Waals surface area contributed by atoms with Crippen LogP contribution in [0.4, 0.5) is 5.69 Å². The molecule has 5 nitrogen and oxygen atoms in total. The Labute approximate surface area is 141 Å². The molecule has 6 heteroatoms. The lowest BCUT2D eigenvalue weighted by molar-refractivity contribution is 0.0930. The lowest BCUT2D eigenvalue weighted by atomic mass is 10.0. The van der Waals surface area contributed by atoms with Crippen molar-refractivity contribution in [2.45, 2.75) is 23.8 Å². The fourth-order valence-corrected chi connectivity index (χ4v) is 3.59. The van der Waals surface area contributed by atoms with Gasteiger partial charge in [0.1, 0.15) is 0 Å². The predicted octanol–water partition coefficient (Wildman–Crippen LogP) is 2.54. The Morgan fingerprint density at radius 2 is 2.22 bits per heavy atom. The minimum absolute atomic E-state index is 0.0213. The zero-order valence-corrected chi connectivity index (χ0v) is 14.3. The number of aryl methyl sites for hydroxylation is 1. The van der Waals surface area contributed by atoms with Gasteiger partial charge in [0.05, 0.1) is 17.4 Å². The molecule has 1 fully saturated rings.